The van der Waals surface area contributed by atoms with Crippen LogP contribution in [-0.4, -0.2) is 11.1 Å². The van der Waals surface area contributed by atoms with Gasteiger partial charge in [-0.15, -0.1) is 0 Å². The van der Waals surface area contributed by atoms with E-state index in [-0.39, 0.29) is 5.56 Å². The maximum absolute atomic E-state index is 13.2. The van der Waals surface area contributed by atoms with Crippen molar-refractivity contribution in [3.05, 3.63) is 40.2 Å². The Bertz CT molecular complexity index is 376. The van der Waals surface area contributed by atoms with Gasteiger partial charge < -0.3 is 5.11 Å². The summed E-state index contributed by atoms with van der Waals surface area (Å²) in [5, 5.41) is 8.67. The highest BCUT2D eigenvalue weighted by Gasteiger charge is 2.04. The zero-order valence-corrected chi connectivity index (χ0v) is 8.18. The van der Waals surface area contributed by atoms with Gasteiger partial charge in [0, 0.05) is 16.7 Å². The van der Waals surface area contributed by atoms with Crippen molar-refractivity contribution in [1.82, 2.24) is 0 Å². The highest BCUT2D eigenvalue weighted by Crippen LogP contribution is 2.20. The van der Waals surface area contributed by atoms with Gasteiger partial charge in [0.25, 0.3) is 0 Å². The number of aryl methyl sites for hydroxylation is 1. The molecule has 0 aliphatic rings. The summed E-state index contributed by atoms with van der Waals surface area (Å²) in [7, 11) is 0. The Balaban J connectivity index is 3.15. The van der Waals surface area contributed by atoms with Crippen molar-refractivity contribution in [2.24, 2.45) is 0 Å². The average molecular weight is 215 g/mol. The lowest BCUT2D eigenvalue weighted by molar-refractivity contribution is -0.131. The summed E-state index contributed by atoms with van der Waals surface area (Å²) in [6, 6.07) is 2.72. The van der Waals surface area contributed by atoms with E-state index in [4.69, 9.17) is 16.7 Å². The fraction of sp³-hybridized carbons (Fsp3) is 0.100. The van der Waals surface area contributed by atoms with Crippen molar-refractivity contribution in [2.45, 2.75) is 6.92 Å². The van der Waals surface area contributed by atoms with Crippen molar-refractivity contribution in [3.63, 3.8) is 0 Å². The first-order chi connectivity index (χ1) is 6.50. The van der Waals surface area contributed by atoms with Crippen LogP contribution in [0.5, 0.6) is 0 Å². The minimum atomic E-state index is -1.11. The van der Waals surface area contributed by atoms with E-state index in [0.29, 0.717) is 10.6 Å². The van der Waals surface area contributed by atoms with E-state index in [1.807, 2.05) is 0 Å². The molecule has 74 valence electrons. The summed E-state index contributed by atoms with van der Waals surface area (Å²) in [4.78, 5) is 10.2. The number of hydrogen-bond acceptors (Lipinski definition) is 1. The molecule has 0 bridgehead atoms. The van der Waals surface area contributed by atoms with Crippen molar-refractivity contribution in [1.29, 1.82) is 0 Å². The number of rotatable bonds is 2. The summed E-state index contributed by atoms with van der Waals surface area (Å²) in [6.07, 6.45) is 2.10. The molecule has 0 aliphatic carbocycles. The standard InChI is InChI=1S/C10H8ClFO2/c1-6-4-7(11)5-9(12)8(6)2-3-10(13)14/h2-5H,1H3,(H,13,14)/b3-2+. The Morgan fingerprint density at radius 3 is 2.71 bits per heavy atom. The molecule has 1 N–H and O–H groups in total. The third-order valence-corrected chi connectivity index (χ3v) is 1.91. The largest absolute Gasteiger partial charge is 0.478 e. The van der Waals surface area contributed by atoms with E-state index < -0.39 is 11.8 Å². The predicted octanol–water partition coefficient (Wildman–Crippen LogP) is 2.89. The quantitative estimate of drug-likeness (QED) is 0.769. The summed E-state index contributed by atoms with van der Waals surface area (Å²) in [5.41, 5.74) is 0.851. The molecule has 0 fully saturated rings. The van der Waals surface area contributed by atoms with Crippen LogP contribution in [0.1, 0.15) is 11.1 Å². The second-order valence-electron chi connectivity index (χ2n) is 2.79. The number of hydrogen-bond donors (Lipinski definition) is 1. The molecule has 0 amide bonds. The van der Waals surface area contributed by atoms with Crippen LogP contribution in [0.25, 0.3) is 6.08 Å². The molecule has 0 aromatic heterocycles. The van der Waals surface area contributed by atoms with E-state index in [0.717, 1.165) is 12.1 Å². The molecule has 2 nitrogen and oxygen atoms in total. The second-order valence-corrected chi connectivity index (χ2v) is 3.23. The number of benzene rings is 1. The molecular formula is C10H8ClFO2. The molecule has 14 heavy (non-hydrogen) atoms. The fourth-order valence-corrected chi connectivity index (χ4v) is 1.34. The van der Waals surface area contributed by atoms with Gasteiger partial charge in [0.15, 0.2) is 0 Å². The Morgan fingerprint density at radius 2 is 2.21 bits per heavy atom. The van der Waals surface area contributed by atoms with Crippen LogP contribution in [0.15, 0.2) is 18.2 Å². The first-order valence-corrected chi connectivity index (χ1v) is 4.25. The zero-order valence-electron chi connectivity index (χ0n) is 7.42. The lowest BCUT2D eigenvalue weighted by atomic mass is 10.1. The summed E-state index contributed by atoms with van der Waals surface area (Å²) in [6.45, 7) is 1.66. The van der Waals surface area contributed by atoms with Crippen molar-refractivity contribution in [3.8, 4) is 0 Å². The van der Waals surface area contributed by atoms with Crippen LogP contribution in [0.4, 0.5) is 4.39 Å². The summed E-state index contributed by atoms with van der Waals surface area (Å²) >= 11 is 5.60. The molecule has 4 heteroatoms. The van der Waals surface area contributed by atoms with Crippen molar-refractivity contribution < 1.29 is 14.3 Å². The Kier molecular flexibility index (Phi) is 3.25. The van der Waals surface area contributed by atoms with Gasteiger partial charge in [0.1, 0.15) is 5.82 Å². The molecule has 0 aliphatic heterocycles. The van der Waals surface area contributed by atoms with E-state index in [1.165, 1.54) is 6.08 Å². The van der Waals surface area contributed by atoms with Crippen LogP contribution in [-0.2, 0) is 4.79 Å². The molecular weight excluding hydrogens is 207 g/mol. The third kappa shape index (κ3) is 2.57. The van der Waals surface area contributed by atoms with Crippen LogP contribution < -0.4 is 0 Å². The minimum Gasteiger partial charge on any atom is -0.478 e. The summed E-state index contributed by atoms with van der Waals surface area (Å²) in [5.74, 6) is -1.63. The lowest BCUT2D eigenvalue weighted by Gasteiger charge is -2.02. The molecule has 1 aromatic rings. The van der Waals surface area contributed by atoms with Gasteiger partial charge >= 0.3 is 5.97 Å². The number of carbonyl (C=O) groups is 1. The normalized spacial score (nSPS) is 10.8. The third-order valence-electron chi connectivity index (χ3n) is 1.69. The molecule has 1 aromatic carbocycles. The van der Waals surface area contributed by atoms with E-state index in [1.54, 1.807) is 13.0 Å². The average Bonchev–Trinajstić information content (AvgIpc) is 2.01. The maximum Gasteiger partial charge on any atom is 0.328 e. The minimum absolute atomic E-state index is 0.247. The smallest absolute Gasteiger partial charge is 0.328 e. The molecule has 0 heterocycles. The van der Waals surface area contributed by atoms with Crippen LogP contribution in [0.3, 0.4) is 0 Å². The van der Waals surface area contributed by atoms with Gasteiger partial charge in [0.05, 0.1) is 0 Å². The van der Waals surface area contributed by atoms with Gasteiger partial charge in [0.2, 0.25) is 0 Å². The van der Waals surface area contributed by atoms with Crippen LogP contribution in [0, 0.1) is 12.7 Å². The molecule has 0 radical (unpaired) electrons. The highest BCUT2D eigenvalue weighted by atomic mass is 35.5. The predicted molar refractivity (Wildman–Crippen MR) is 52.8 cm³/mol. The zero-order chi connectivity index (χ0) is 10.7. The van der Waals surface area contributed by atoms with Crippen LogP contribution >= 0.6 is 11.6 Å². The maximum atomic E-state index is 13.2. The summed E-state index contributed by atoms with van der Waals surface area (Å²) < 4.78 is 13.2. The van der Waals surface area contributed by atoms with Crippen molar-refractivity contribution in [2.75, 3.05) is 0 Å². The first kappa shape index (κ1) is 10.7. The van der Waals surface area contributed by atoms with E-state index in [9.17, 15) is 9.18 Å². The number of carboxylic acids is 1. The van der Waals surface area contributed by atoms with E-state index in [2.05, 4.69) is 0 Å². The molecule has 0 saturated heterocycles. The molecule has 0 saturated carbocycles. The Hall–Kier alpha value is -1.35. The van der Waals surface area contributed by atoms with Crippen molar-refractivity contribution >= 4 is 23.6 Å². The van der Waals surface area contributed by atoms with E-state index >= 15 is 0 Å². The Morgan fingerprint density at radius 1 is 1.57 bits per heavy atom. The SMILES string of the molecule is Cc1cc(Cl)cc(F)c1/C=C/C(=O)O. The number of halogens is 2. The number of aliphatic carboxylic acids is 1. The van der Waals surface area contributed by atoms with Gasteiger partial charge in [-0.05, 0) is 30.7 Å². The molecule has 0 atom stereocenters. The van der Waals surface area contributed by atoms with Gasteiger partial charge in [-0.25, -0.2) is 9.18 Å². The molecule has 0 spiro atoms. The number of carboxylic acid groups (broad SMARTS) is 1. The lowest BCUT2D eigenvalue weighted by Crippen LogP contribution is -1.90. The fourth-order valence-electron chi connectivity index (χ4n) is 1.08. The van der Waals surface area contributed by atoms with Gasteiger partial charge in [-0.1, -0.05) is 11.6 Å². The second kappa shape index (κ2) is 4.24. The van der Waals surface area contributed by atoms with Gasteiger partial charge in [-0.2, -0.15) is 0 Å². The molecule has 1 rings (SSSR count). The highest BCUT2D eigenvalue weighted by molar-refractivity contribution is 6.30. The van der Waals surface area contributed by atoms with Gasteiger partial charge in [-0.3, -0.25) is 0 Å². The first-order valence-electron chi connectivity index (χ1n) is 3.87. The Labute approximate surface area is 85.6 Å². The van der Waals surface area contributed by atoms with Crippen LogP contribution in [0.2, 0.25) is 5.02 Å². The molecule has 0 unspecified atom stereocenters. The monoisotopic (exact) mass is 214 g/mol. The topological polar surface area (TPSA) is 37.3 Å².